The Morgan fingerprint density at radius 3 is 2.25 bits per heavy atom. The average Bonchev–Trinajstić information content (AvgIpc) is 2.46. The summed E-state index contributed by atoms with van der Waals surface area (Å²) in [4.78, 5) is 4.25. The molecule has 0 radical (unpaired) electrons. The third-order valence-electron chi connectivity index (χ3n) is 2.86. The van der Waals surface area contributed by atoms with Crippen molar-refractivity contribution < 1.29 is 8.42 Å². The van der Waals surface area contributed by atoms with E-state index in [9.17, 15) is 8.42 Å². The maximum Gasteiger partial charge on any atom is 0.279 e. The van der Waals surface area contributed by atoms with Crippen molar-refractivity contribution in [2.45, 2.75) is 6.04 Å². The average molecular weight is 291 g/mol. The Morgan fingerprint density at radius 2 is 1.70 bits per heavy atom. The number of aromatic nitrogens is 1. The minimum absolute atomic E-state index is 0.509. The van der Waals surface area contributed by atoms with Gasteiger partial charge in [0.25, 0.3) is 10.2 Å². The molecule has 2 rings (SSSR count). The van der Waals surface area contributed by atoms with Crippen LogP contribution in [0, 0.1) is 0 Å². The first-order chi connectivity index (χ1) is 9.50. The van der Waals surface area contributed by atoms with Gasteiger partial charge in [0.05, 0.1) is 11.7 Å². The molecule has 0 amide bonds. The van der Waals surface area contributed by atoms with E-state index < -0.39 is 16.3 Å². The molecule has 0 saturated carbocycles. The molecule has 0 aliphatic rings. The van der Waals surface area contributed by atoms with Gasteiger partial charge in [-0.3, -0.25) is 4.98 Å². The zero-order chi connectivity index (χ0) is 14.6. The second-order valence-electron chi connectivity index (χ2n) is 4.50. The maximum absolute atomic E-state index is 12.1. The lowest BCUT2D eigenvalue weighted by Crippen LogP contribution is -2.38. The minimum atomic E-state index is -3.55. The Bertz CT molecular complexity index is 603. The highest BCUT2D eigenvalue weighted by Crippen LogP contribution is 2.21. The molecule has 0 saturated heterocycles. The molecular weight excluding hydrogens is 274 g/mol. The van der Waals surface area contributed by atoms with Crippen molar-refractivity contribution in [2.75, 3.05) is 14.1 Å². The van der Waals surface area contributed by atoms with Crippen molar-refractivity contribution in [1.29, 1.82) is 0 Å². The zero-order valence-corrected chi connectivity index (χ0v) is 12.2. The highest BCUT2D eigenvalue weighted by molar-refractivity contribution is 7.87. The fourth-order valence-electron chi connectivity index (χ4n) is 1.75. The molecule has 0 bridgehead atoms. The number of hydrogen-bond acceptors (Lipinski definition) is 3. The molecule has 1 atom stereocenters. The van der Waals surface area contributed by atoms with Gasteiger partial charge < -0.3 is 0 Å². The topological polar surface area (TPSA) is 62.3 Å². The van der Waals surface area contributed by atoms with Crippen LogP contribution >= 0.6 is 0 Å². The molecule has 0 fully saturated rings. The summed E-state index contributed by atoms with van der Waals surface area (Å²) in [5.74, 6) is 0. The fraction of sp³-hybridized carbons (Fsp3) is 0.214. The third-order valence-corrected chi connectivity index (χ3v) is 4.36. The van der Waals surface area contributed by atoms with E-state index in [4.69, 9.17) is 0 Å². The van der Waals surface area contributed by atoms with Crippen LogP contribution in [0.3, 0.4) is 0 Å². The molecule has 0 aliphatic carbocycles. The van der Waals surface area contributed by atoms with Crippen LogP contribution in [0.25, 0.3) is 0 Å². The van der Waals surface area contributed by atoms with Crippen LogP contribution < -0.4 is 4.72 Å². The lowest BCUT2D eigenvalue weighted by Gasteiger charge is -2.21. The number of nitrogens with zero attached hydrogens (tertiary/aromatic N) is 2. The predicted molar refractivity (Wildman–Crippen MR) is 78.3 cm³/mol. The van der Waals surface area contributed by atoms with E-state index in [1.807, 2.05) is 36.4 Å². The van der Waals surface area contributed by atoms with Crippen molar-refractivity contribution in [3.05, 3.63) is 66.0 Å². The number of hydrogen-bond donors (Lipinski definition) is 1. The molecule has 20 heavy (non-hydrogen) atoms. The highest BCUT2D eigenvalue weighted by atomic mass is 32.2. The van der Waals surface area contributed by atoms with Crippen LogP contribution in [0.15, 0.2) is 54.7 Å². The van der Waals surface area contributed by atoms with Crippen molar-refractivity contribution in [1.82, 2.24) is 14.0 Å². The molecule has 1 aromatic heterocycles. The van der Waals surface area contributed by atoms with Gasteiger partial charge in [-0.25, -0.2) is 0 Å². The minimum Gasteiger partial charge on any atom is -0.259 e. The van der Waals surface area contributed by atoms with E-state index in [1.165, 1.54) is 14.1 Å². The van der Waals surface area contributed by atoms with E-state index >= 15 is 0 Å². The van der Waals surface area contributed by atoms with Gasteiger partial charge in [-0.05, 0) is 17.7 Å². The molecule has 1 heterocycles. The quantitative estimate of drug-likeness (QED) is 0.909. The zero-order valence-electron chi connectivity index (χ0n) is 11.4. The van der Waals surface area contributed by atoms with Crippen LogP contribution in [0.5, 0.6) is 0 Å². The summed E-state index contributed by atoms with van der Waals surface area (Å²) >= 11 is 0. The van der Waals surface area contributed by atoms with E-state index in [0.717, 1.165) is 9.87 Å². The summed E-state index contributed by atoms with van der Waals surface area (Å²) in [6, 6.07) is 14.3. The van der Waals surface area contributed by atoms with Gasteiger partial charge in [0, 0.05) is 20.3 Å². The van der Waals surface area contributed by atoms with Crippen LogP contribution in [0.1, 0.15) is 17.3 Å². The lowest BCUT2D eigenvalue weighted by molar-refractivity contribution is 0.497. The molecule has 1 N–H and O–H groups in total. The summed E-state index contributed by atoms with van der Waals surface area (Å²) in [5.41, 5.74) is 1.50. The van der Waals surface area contributed by atoms with Gasteiger partial charge in [-0.2, -0.15) is 17.4 Å². The summed E-state index contributed by atoms with van der Waals surface area (Å²) in [5, 5.41) is 0. The van der Waals surface area contributed by atoms with Gasteiger partial charge in [0.2, 0.25) is 0 Å². The molecular formula is C14H17N3O2S. The molecule has 5 nitrogen and oxygen atoms in total. The molecule has 6 heteroatoms. The molecule has 0 spiro atoms. The molecule has 2 aromatic rings. The summed E-state index contributed by atoms with van der Waals surface area (Å²) in [6.45, 7) is 0. The maximum atomic E-state index is 12.1. The standard InChI is InChI=1S/C14H17N3O2S/c1-17(2)20(18,19)16-14(12-8-4-3-5-9-12)13-10-6-7-11-15-13/h3-11,14,16H,1-2H3. The second-order valence-corrected chi connectivity index (χ2v) is 6.42. The molecule has 0 aliphatic heterocycles. The molecule has 1 unspecified atom stereocenters. The normalized spacial score (nSPS) is 13.3. The lowest BCUT2D eigenvalue weighted by atomic mass is 10.0. The van der Waals surface area contributed by atoms with Crippen molar-refractivity contribution >= 4 is 10.2 Å². The van der Waals surface area contributed by atoms with E-state index in [1.54, 1.807) is 18.3 Å². The number of pyridine rings is 1. The summed E-state index contributed by atoms with van der Waals surface area (Å²) in [6.07, 6.45) is 1.65. The van der Waals surface area contributed by atoms with Gasteiger partial charge in [0.15, 0.2) is 0 Å². The predicted octanol–water partition coefficient (Wildman–Crippen LogP) is 1.57. The first-order valence-electron chi connectivity index (χ1n) is 6.16. The number of rotatable bonds is 5. The Morgan fingerprint density at radius 1 is 1.05 bits per heavy atom. The Labute approximate surface area is 119 Å². The van der Waals surface area contributed by atoms with Gasteiger partial charge in [-0.1, -0.05) is 36.4 Å². The van der Waals surface area contributed by atoms with Gasteiger partial charge >= 0.3 is 0 Å². The smallest absolute Gasteiger partial charge is 0.259 e. The Balaban J connectivity index is 2.41. The third kappa shape index (κ3) is 3.41. The van der Waals surface area contributed by atoms with Crippen LogP contribution in [0.4, 0.5) is 0 Å². The van der Waals surface area contributed by atoms with Crippen molar-refractivity contribution in [3.8, 4) is 0 Å². The highest BCUT2D eigenvalue weighted by Gasteiger charge is 2.23. The largest absolute Gasteiger partial charge is 0.279 e. The Hall–Kier alpha value is -1.76. The SMILES string of the molecule is CN(C)S(=O)(=O)NC(c1ccccc1)c1ccccn1. The number of benzene rings is 1. The monoisotopic (exact) mass is 291 g/mol. The number of nitrogens with one attached hydrogen (secondary N) is 1. The van der Waals surface area contributed by atoms with E-state index in [-0.39, 0.29) is 0 Å². The van der Waals surface area contributed by atoms with Gasteiger partial charge in [-0.15, -0.1) is 0 Å². The van der Waals surface area contributed by atoms with E-state index in [2.05, 4.69) is 9.71 Å². The fourth-order valence-corrected chi connectivity index (χ4v) is 2.51. The van der Waals surface area contributed by atoms with Crippen molar-refractivity contribution in [3.63, 3.8) is 0 Å². The second kappa shape index (κ2) is 6.13. The molecule has 1 aromatic carbocycles. The van der Waals surface area contributed by atoms with Crippen LogP contribution in [-0.4, -0.2) is 31.8 Å². The van der Waals surface area contributed by atoms with Crippen molar-refractivity contribution in [2.24, 2.45) is 0 Å². The summed E-state index contributed by atoms with van der Waals surface area (Å²) < 4.78 is 28.0. The summed E-state index contributed by atoms with van der Waals surface area (Å²) in [7, 11) is -0.573. The van der Waals surface area contributed by atoms with Gasteiger partial charge in [0.1, 0.15) is 0 Å². The first kappa shape index (κ1) is 14.6. The molecule has 106 valence electrons. The van der Waals surface area contributed by atoms with Crippen LogP contribution in [-0.2, 0) is 10.2 Å². The first-order valence-corrected chi connectivity index (χ1v) is 7.60. The van der Waals surface area contributed by atoms with E-state index in [0.29, 0.717) is 5.69 Å². The van der Waals surface area contributed by atoms with Crippen LogP contribution in [0.2, 0.25) is 0 Å². The Kier molecular flexibility index (Phi) is 4.49.